The molecule has 4 aromatic heterocycles. The van der Waals surface area contributed by atoms with Gasteiger partial charge in [0.1, 0.15) is 5.52 Å². The maximum atomic E-state index is 14.1. The van der Waals surface area contributed by atoms with Gasteiger partial charge in [0.15, 0.2) is 11.3 Å². The second-order valence-electron chi connectivity index (χ2n) is 12.3. The van der Waals surface area contributed by atoms with Crippen molar-refractivity contribution in [3.8, 4) is 11.3 Å². The lowest BCUT2D eigenvalue weighted by atomic mass is 9.86. The molecule has 46 heavy (non-hydrogen) atoms. The second-order valence-corrected chi connectivity index (χ2v) is 12.3. The first-order valence-electron chi connectivity index (χ1n) is 15.2. The average Bonchev–Trinajstić information content (AvgIpc) is 3.35. The Bertz CT molecular complexity index is 1760. The minimum absolute atomic E-state index is 0.0566. The van der Waals surface area contributed by atoms with E-state index in [-0.39, 0.29) is 58.5 Å². The molecule has 4 aromatic rings. The number of hydrogen-bond donors (Lipinski definition) is 3. The molecule has 244 valence electrons. The van der Waals surface area contributed by atoms with Gasteiger partial charge in [0, 0.05) is 50.0 Å². The number of carboxylic acids is 1. The first kappa shape index (κ1) is 31.5. The Morgan fingerprint density at radius 2 is 1.98 bits per heavy atom. The van der Waals surface area contributed by atoms with Gasteiger partial charge in [0.2, 0.25) is 5.95 Å². The summed E-state index contributed by atoms with van der Waals surface area (Å²) < 4.78 is 49.3. The van der Waals surface area contributed by atoms with E-state index in [4.69, 9.17) is 9.84 Å². The van der Waals surface area contributed by atoms with Gasteiger partial charge in [-0.15, -0.1) is 0 Å². The highest BCUT2D eigenvalue weighted by Gasteiger charge is 2.40. The maximum Gasteiger partial charge on any atom is 0.418 e. The molecule has 0 saturated heterocycles. The summed E-state index contributed by atoms with van der Waals surface area (Å²) in [5, 5.41) is 15.7. The number of methoxy groups -OCH3 is 1. The van der Waals surface area contributed by atoms with Crippen molar-refractivity contribution in [2.75, 3.05) is 37.5 Å². The molecular formula is C31H35F3N8O4. The highest BCUT2D eigenvalue weighted by molar-refractivity contribution is 6.03. The van der Waals surface area contributed by atoms with Crippen molar-refractivity contribution >= 4 is 34.7 Å². The first-order chi connectivity index (χ1) is 21.9. The van der Waals surface area contributed by atoms with Gasteiger partial charge >= 0.3 is 12.1 Å². The van der Waals surface area contributed by atoms with Crippen LogP contribution in [0.15, 0.2) is 30.6 Å². The van der Waals surface area contributed by atoms with Crippen molar-refractivity contribution in [3.05, 3.63) is 47.5 Å². The highest BCUT2D eigenvalue weighted by atomic mass is 19.4. The van der Waals surface area contributed by atoms with Crippen LogP contribution in [0, 0.1) is 5.41 Å². The molecule has 12 nitrogen and oxygen atoms in total. The lowest BCUT2D eigenvalue weighted by Crippen LogP contribution is -2.37. The fourth-order valence-electron chi connectivity index (χ4n) is 6.36. The van der Waals surface area contributed by atoms with Gasteiger partial charge in [-0.25, -0.2) is 4.98 Å². The summed E-state index contributed by atoms with van der Waals surface area (Å²) in [5.41, 5.74) is 1.09. The number of aliphatic carboxylic acids is 1. The average molecular weight is 641 g/mol. The summed E-state index contributed by atoms with van der Waals surface area (Å²) in [6, 6.07) is 4.29. The summed E-state index contributed by atoms with van der Waals surface area (Å²) in [5.74, 6) is -1.68. The van der Waals surface area contributed by atoms with Crippen molar-refractivity contribution in [2.45, 2.75) is 63.6 Å². The molecule has 0 aromatic carbocycles. The third-order valence-electron chi connectivity index (χ3n) is 8.68. The van der Waals surface area contributed by atoms with Gasteiger partial charge in [-0.1, -0.05) is 12.8 Å². The van der Waals surface area contributed by atoms with Crippen LogP contribution in [0.25, 0.3) is 22.4 Å². The van der Waals surface area contributed by atoms with Crippen LogP contribution < -0.4 is 10.2 Å². The Labute approximate surface area is 262 Å². The van der Waals surface area contributed by atoms with E-state index < -0.39 is 23.6 Å². The Balaban J connectivity index is 1.37. The predicted octanol–water partition coefficient (Wildman–Crippen LogP) is 5.48. The molecule has 2 saturated carbocycles. The number of aromatic nitrogens is 6. The van der Waals surface area contributed by atoms with Gasteiger partial charge in [0.25, 0.3) is 5.91 Å². The number of fused-ring (bicyclic) bond motifs is 1. The highest BCUT2D eigenvalue weighted by Crippen LogP contribution is 2.46. The van der Waals surface area contributed by atoms with Crippen LogP contribution >= 0.6 is 0 Å². The second kappa shape index (κ2) is 12.3. The van der Waals surface area contributed by atoms with Crippen LogP contribution in [-0.2, 0) is 22.3 Å². The van der Waals surface area contributed by atoms with Gasteiger partial charge in [0.05, 0.1) is 42.2 Å². The SMILES string of the molecule is COCC1(CN(C)c2cc(-c3cnc(C4CC4)c(C(F)(F)F)c3)nc3nc(NC(=O)c4ccn(CCC(=O)O)n4)[nH]c23)CCCC1. The molecule has 0 aliphatic heterocycles. The summed E-state index contributed by atoms with van der Waals surface area (Å²) in [4.78, 5) is 42.4. The fourth-order valence-corrected chi connectivity index (χ4v) is 6.36. The van der Waals surface area contributed by atoms with Gasteiger partial charge in [-0.05, 0) is 43.9 Å². The zero-order valence-electron chi connectivity index (χ0n) is 25.5. The zero-order valence-corrected chi connectivity index (χ0v) is 25.5. The van der Waals surface area contributed by atoms with Crippen LogP contribution in [0.3, 0.4) is 0 Å². The number of imidazole rings is 1. The number of aryl methyl sites for hydroxylation is 1. The fraction of sp³-hybridized carbons (Fsp3) is 0.484. The predicted molar refractivity (Wildman–Crippen MR) is 163 cm³/mol. The van der Waals surface area contributed by atoms with Crippen molar-refractivity contribution in [2.24, 2.45) is 5.41 Å². The number of nitrogens with zero attached hydrogens (tertiary/aromatic N) is 6. The first-order valence-corrected chi connectivity index (χ1v) is 15.2. The molecule has 3 N–H and O–H groups in total. The number of pyridine rings is 2. The number of carboxylic acid groups (broad SMARTS) is 1. The third-order valence-corrected chi connectivity index (χ3v) is 8.68. The van der Waals surface area contributed by atoms with Gasteiger partial charge < -0.3 is 19.7 Å². The lowest BCUT2D eigenvalue weighted by molar-refractivity contribution is -0.139. The number of rotatable bonds is 12. The van der Waals surface area contributed by atoms with E-state index in [1.54, 1.807) is 13.2 Å². The lowest BCUT2D eigenvalue weighted by Gasteiger charge is -2.34. The molecule has 15 heteroatoms. The topological polar surface area (TPSA) is 151 Å². The number of H-pyrrole nitrogens is 1. The Hall–Kier alpha value is -4.53. The monoisotopic (exact) mass is 640 g/mol. The molecule has 0 spiro atoms. The smallest absolute Gasteiger partial charge is 0.418 e. The normalized spacial score (nSPS) is 16.2. The van der Waals surface area contributed by atoms with Gasteiger partial charge in [-0.2, -0.15) is 23.3 Å². The number of halogens is 3. The van der Waals surface area contributed by atoms with Crippen molar-refractivity contribution in [1.82, 2.24) is 29.7 Å². The molecule has 2 aliphatic carbocycles. The summed E-state index contributed by atoms with van der Waals surface area (Å²) in [6.07, 6.45) is 3.72. The molecule has 0 bridgehead atoms. The number of carbonyl (C=O) groups excluding carboxylic acids is 1. The summed E-state index contributed by atoms with van der Waals surface area (Å²) in [6.45, 7) is 1.30. The largest absolute Gasteiger partial charge is 0.481 e. The number of nitrogens with one attached hydrogen (secondary N) is 2. The van der Waals surface area contributed by atoms with E-state index in [1.165, 1.54) is 23.1 Å². The van der Waals surface area contributed by atoms with Gasteiger partial charge in [-0.3, -0.25) is 24.6 Å². The van der Waals surface area contributed by atoms with E-state index in [0.29, 0.717) is 37.2 Å². The zero-order chi connectivity index (χ0) is 32.6. The Morgan fingerprint density at radius 3 is 2.65 bits per heavy atom. The van der Waals surface area contributed by atoms with Crippen LogP contribution in [0.4, 0.5) is 24.8 Å². The minimum Gasteiger partial charge on any atom is -0.481 e. The molecule has 0 atom stereocenters. The third kappa shape index (κ3) is 6.69. The number of hydrogen-bond acceptors (Lipinski definition) is 8. The number of carbonyl (C=O) groups is 2. The molecular weight excluding hydrogens is 605 g/mol. The quantitative estimate of drug-likeness (QED) is 0.183. The molecule has 2 fully saturated rings. The molecule has 6 rings (SSSR count). The standard InChI is InChI=1S/C31H35F3N8O4/c1-41(16-30(17-46-2)9-3-4-10-30)23-14-22(19-13-20(31(32,33)34)25(35-15-19)18-5-6-18)36-27-26(23)37-29(38-27)39-28(45)21-7-11-42(40-21)12-8-24(43)44/h7,11,13-15,18H,3-6,8-10,12,16-17H2,1-2H3,(H,43,44)(H2,36,37,38,39,45). The summed E-state index contributed by atoms with van der Waals surface area (Å²) >= 11 is 0. The maximum absolute atomic E-state index is 14.1. The van der Waals surface area contributed by atoms with Crippen LogP contribution in [-0.4, -0.2) is 74.0 Å². The Kier molecular flexibility index (Phi) is 8.44. The van der Waals surface area contributed by atoms with Crippen LogP contribution in [0.5, 0.6) is 0 Å². The Morgan fingerprint density at radius 1 is 1.22 bits per heavy atom. The van der Waals surface area contributed by atoms with Crippen molar-refractivity contribution < 1.29 is 32.6 Å². The number of ether oxygens (including phenoxy) is 1. The van der Waals surface area contributed by atoms with Crippen LogP contribution in [0.1, 0.15) is 72.6 Å². The summed E-state index contributed by atoms with van der Waals surface area (Å²) in [7, 11) is 3.59. The number of anilines is 2. The number of alkyl halides is 3. The van der Waals surface area contributed by atoms with E-state index >= 15 is 0 Å². The number of amides is 1. The molecule has 1 amide bonds. The van der Waals surface area contributed by atoms with E-state index in [2.05, 4.69) is 30.4 Å². The molecule has 2 aliphatic rings. The van der Waals surface area contributed by atoms with Crippen LogP contribution in [0.2, 0.25) is 0 Å². The van der Waals surface area contributed by atoms with Crippen molar-refractivity contribution in [3.63, 3.8) is 0 Å². The molecule has 0 radical (unpaired) electrons. The van der Waals surface area contributed by atoms with E-state index in [0.717, 1.165) is 31.7 Å². The van der Waals surface area contributed by atoms with E-state index in [1.807, 2.05) is 11.9 Å². The minimum atomic E-state index is -4.57. The molecule has 4 heterocycles. The van der Waals surface area contributed by atoms with E-state index in [9.17, 15) is 22.8 Å². The molecule has 0 unspecified atom stereocenters. The number of aromatic amines is 1. The van der Waals surface area contributed by atoms with Crippen molar-refractivity contribution in [1.29, 1.82) is 0 Å².